The number of nitrogens with one attached hydrogen (secondary N) is 1. The molecule has 0 saturated heterocycles. The number of hydrogen-bond acceptors (Lipinski definition) is 2. The number of aromatic hydroxyl groups is 1. The van der Waals surface area contributed by atoms with Gasteiger partial charge in [0.1, 0.15) is 5.75 Å². The number of rotatable bonds is 4. The van der Waals surface area contributed by atoms with Gasteiger partial charge in [-0.2, -0.15) is 0 Å². The first-order chi connectivity index (χ1) is 7.79. The van der Waals surface area contributed by atoms with Crippen LogP contribution < -0.4 is 5.32 Å². The maximum Gasteiger partial charge on any atom is 0.115 e. The van der Waals surface area contributed by atoms with E-state index in [4.69, 9.17) is 0 Å². The van der Waals surface area contributed by atoms with E-state index in [1.54, 1.807) is 6.07 Å². The third-order valence-electron chi connectivity index (χ3n) is 3.53. The van der Waals surface area contributed by atoms with Crippen molar-refractivity contribution in [1.29, 1.82) is 0 Å². The summed E-state index contributed by atoms with van der Waals surface area (Å²) in [6.07, 6.45) is 5.04. The second-order valence-electron chi connectivity index (χ2n) is 4.73. The molecule has 1 saturated carbocycles. The lowest BCUT2D eigenvalue weighted by molar-refractivity contribution is 0.405. The molecule has 1 aliphatic carbocycles. The maximum absolute atomic E-state index is 9.44. The second kappa shape index (κ2) is 5.35. The van der Waals surface area contributed by atoms with E-state index in [9.17, 15) is 5.11 Å². The van der Waals surface area contributed by atoms with Gasteiger partial charge in [0.05, 0.1) is 0 Å². The van der Waals surface area contributed by atoms with Crippen LogP contribution in [-0.4, -0.2) is 17.7 Å². The van der Waals surface area contributed by atoms with Crippen LogP contribution in [0.25, 0.3) is 0 Å². The molecule has 2 rings (SSSR count). The summed E-state index contributed by atoms with van der Waals surface area (Å²) in [5.41, 5.74) is 1.26. The number of benzene rings is 1. The molecular weight excluding hydrogens is 198 g/mol. The lowest BCUT2D eigenvalue weighted by atomic mass is 9.94. The topological polar surface area (TPSA) is 32.3 Å². The Bertz CT molecular complexity index is 337. The Morgan fingerprint density at radius 3 is 3.00 bits per heavy atom. The minimum atomic E-state index is 0.385. The fraction of sp³-hybridized carbons (Fsp3) is 0.571. The zero-order chi connectivity index (χ0) is 11.4. The summed E-state index contributed by atoms with van der Waals surface area (Å²) in [7, 11) is 0. The van der Waals surface area contributed by atoms with E-state index < -0.39 is 0 Å². The molecule has 2 atom stereocenters. The number of phenolic OH excluding ortho intramolecular Hbond substituents is 1. The standard InChI is InChI=1S/C14H21NO/c1-2-15-14-8-4-6-12(14)9-11-5-3-7-13(16)10-11/h3,5,7,10,12,14-16H,2,4,6,8-9H2,1H3. The van der Waals surface area contributed by atoms with Gasteiger partial charge in [-0.15, -0.1) is 0 Å². The van der Waals surface area contributed by atoms with Crippen molar-refractivity contribution in [2.24, 2.45) is 5.92 Å². The van der Waals surface area contributed by atoms with Crippen LogP contribution in [0.3, 0.4) is 0 Å². The van der Waals surface area contributed by atoms with Crippen LogP contribution in [-0.2, 0) is 6.42 Å². The van der Waals surface area contributed by atoms with Gasteiger partial charge in [-0.3, -0.25) is 0 Å². The molecule has 0 heterocycles. The smallest absolute Gasteiger partial charge is 0.115 e. The lowest BCUT2D eigenvalue weighted by Crippen LogP contribution is -2.33. The highest BCUT2D eigenvalue weighted by Crippen LogP contribution is 2.29. The molecule has 2 N–H and O–H groups in total. The van der Waals surface area contributed by atoms with Crippen molar-refractivity contribution < 1.29 is 5.11 Å². The predicted molar refractivity (Wildman–Crippen MR) is 66.6 cm³/mol. The van der Waals surface area contributed by atoms with Crippen molar-refractivity contribution >= 4 is 0 Å². The minimum Gasteiger partial charge on any atom is -0.508 e. The third-order valence-corrected chi connectivity index (χ3v) is 3.53. The molecule has 0 spiro atoms. The van der Waals surface area contributed by atoms with E-state index in [1.807, 2.05) is 12.1 Å². The molecule has 0 aromatic heterocycles. The predicted octanol–water partition coefficient (Wildman–Crippen LogP) is 2.71. The molecule has 2 nitrogen and oxygen atoms in total. The SMILES string of the molecule is CCNC1CCCC1Cc1cccc(O)c1. The highest BCUT2D eigenvalue weighted by Gasteiger charge is 2.26. The van der Waals surface area contributed by atoms with Gasteiger partial charge < -0.3 is 10.4 Å². The van der Waals surface area contributed by atoms with E-state index in [0.29, 0.717) is 11.8 Å². The fourth-order valence-electron chi connectivity index (χ4n) is 2.80. The van der Waals surface area contributed by atoms with Crippen molar-refractivity contribution in [3.63, 3.8) is 0 Å². The number of phenols is 1. The van der Waals surface area contributed by atoms with Crippen LogP contribution in [0.2, 0.25) is 0 Å². The maximum atomic E-state index is 9.44. The molecule has 1 aromatic rings. The summed E-state index contributed by atoms with van der Waals surface area (Å²) >= 11 is 0. The van der Waals surface area contributed by atoms with Gasteiger partial charge in [0.2, 0.25) is 0 Å². The monoisotopic (exact) mass is 219 g/mol. The van der Waals surface area contributed by atoms with Gasteiger partial charge in [-0.1, -0.05) is 25.5 Å². The van der Waals surface area contributed by atoms with Crippen molar-refractivity contribution in [3.8, 4) is 5.75 Å². The average Bonchev–Trinajstić information content (AvgIpc) is 2.66. The highest BCUT2D eigenvalue weighted by atomic mass is 16.3. The van der Waals surface area contributed by atoms with E-state index in [1.165, 1.54) is 24.8 Å². The van der Waals surface area contributed by atoms with Crippen LogP contribution in [0, 0.1) is 5.92 Å². The van der Waals surface area contributed by atoms with Crippen molar-refractivity contribution in [2.45, 2.75) is 38.6 Å². The van der Waals surface area contributed by atoms with Gasteiger partial charge in [0.25, 0.3) is 0 Å². The van der Waals surface area contributed by atoms with Gasteiger partial charge >= 0.3 is 0 Å². The molecule has 1 aliphatic rings. The van der Waals surface area contributed by atoms with Crippen LogP contribution in [0.4, 0.5) is 0 Å². The van der Waals surface area contributed by atoms with E-state index >= 15 is 0 Å². The second-order valence-corrected chi connectivity index (χ2v) is 4.73. The lowest BCUT2D eigenvalue weighted by Gasteiger charge is -2.20. The molecule has 0 amide bonds. The average molecular weight is 219 g/mol. The summed E-state index contributed by atoms with van der Waals surface area (Å²) < 4.78 is 0. The van der Waals surface area contributed by atoms with E-state index in [0.717, 1.165) is 18.9 Å². The van der Waals surface area contributed by atoms with Gasteiger partial charge in [-0.25, -0.2) is 0 Å². The fourth-order valence-corrected chi connectivity index (χ4v) is 2.80. The first-order valence-electron chi connectivity index (χ1n) is 6.31. The van der Waals surface area contributed by atoms with Crippen LogP contribution in [0.15, 0.2) is 24.3 Å². The van der Waals surface area contributed by atoms with Gasteiger partial charge in [-0.05, 0) is 49.4 Å². The normalized spacial score (nSPS) is 24.8. The molecule has 2 unspecified atom stereocenters. The van der Waals surface area contributed by atoms with Crippen LogP contribution >= 0.6 is 0 Å². The Morgan fingerprint density at radius 1 is 1.38 bits per heavy atom. The van der Waals surface area contributed by atoms with Crippen molar-refractivity contribution in [3.05, 3.63) is 29.8 Å². The molecular formula is C14H21NO. The molecule has 0 radical (unpaired) electrons. The Kier molecular flexibility index (Phi) is 3.83. The molecule has 88 valence electrons. The number of hydrogen-bond donors (Lipinski definition) is 2. The zero-order valence-corrected chi connectivity index (χ0v) is 9.95. The highest BCUT2D eigenvalue weighted by molar-refractivity contribution is 5.27. The van der Waals surface area contributed by atoms with E-state index in [-0.39, 0.29) is 0 Å². The summed E-state index contributed by atoms with van der Waals surface area (Å²) in [5, 5.41) is 13.0. The Hall–Kier alpha value is -1.02. The summed E-state index contributed by atoms with van der Waals surface area (Å²) in [4.78, 5) is 0. The molecule has 2 heteroatoms. The zero-order valence-electron chi connectivity index (χ0n) is 9.95. The first kappa shape index (κ1) is 11.5. The Labute approximate surface area is 97.7 Å². The van der Waals surface area contributed by atoms with E-state index in [2.05, 4.69) is 18.3 Å². The molecule has 1 aromatic carbocycles. The van der Waals surface area contributed by atoms with Gasteiger partial charge in [0.15, 0.2) is 0 Å². The molecule has 16 heavy (non-hydrogen) atoms. The molecule has 0 bridgehead atoms. The summed E-state index contributed by atoms with van der Waals surface area (Å²) in [6, 6.07) is 8.34. The van der Waals surface area contributed by atoms with Crippen molar-refractivity contribution in [1.82, 2.24) is 5.32 Å². The van der Waals surface area contributed by atoms with Gasteiger partial charge in [0, 0.05) is 6.04 Å². The van der Waals surface area contributed by atoms with Crippen LogP contribution in [0.5, 0.6) is 5.75 Å². The first-order valence-corrected chi connectivity index (χ1v) is 6.31. The summed E-state index contributed by atoms with van der Waals surface area (Å²) in [6.45, 7) is 3.23. The third kappa shape index (κ3) is 2.76. The molecule has 1 fully saturated rings. The minimum absolute atomic E-state index is 0.385. The Balaban J connectivity index is 1.98. The summed E-state index contributed by atoms with van der Waals surface area (Å²) in [5.74, 6) is 1.12. The quantitative estimate of drug-likeness (QED) is 0.816. The Morgan fingerprint density at radius 2 is 2.25 bits per heavy atom. The van der Waals surface area contributed by atoms with Crippen molar-refractivity contribution in [2.75, 3.05) is 6.54 Å². The van der Waals surface area contributed by atoms with Crippen LogP contribution in [0.1, 0.15) is 31.7 Å². The largest absolute Gasteiger partial charge is 0.508 e. The molecule has 0 aliphatic heterocycles.